The summed E-state index contributed by atoms with van der Waals surface area (Å²) >= 11 is 0. The van der Waals surface area contributed by atoms with Crippen LogP contribution in [-0.2, 0) is 34.8 Å². The van der Waals surface area contributed by atoms with E-state index in [0.717, 1.165) is 50.9 Å². The Balaban J connectivity index is 1.82. The molecule has 0 N–H and O–H groups in total. The van der Waals surface area contributed by atoms with Crippen LogP contribution < -0.4 is 0 Å². The zero-order valence-electron chi connectivity index (χ0n) is 23.8. The van der Waals surface area contributed by atoms with Crippen molar-refractivity contribution in [3.05, 3.63) is 47.5 Å². The number of amides is 1. The van der Waals surface area contributed by atoms with Gasteiger partial charge in [-0.1, -0.05) is 57.0 Å². The topological polar surface area (TPSA) is 91.6 Å². The van der Waals surface area contributed by atoms with Gasteiger partial charge in [0.1, 0.15) is 5.82 Å². The van der Waals surface area contributed by atoms with E-state index in [1.54, 1.807) is 18.7 Å². The summed E-state index contributed by atoms with van der Waals surface area (Å²) in [6, 6.07) is 9.81. The van der Waals surface area contributed by atoms with Gasteiger partial charge >= 0.3 is 0 Å². The third-order valence-electron chi connectivity index (χ3n) is 7.85. The number of hydrogen-bond donors (Lipinski definition) is 0. The lowest BCUT2D eigenvalue weighted by Crippen LogP contribution is -2.37. The van der Waals surface area contributed by atoms with Gasteiger partial charge in [0.15, 0.2) is 5.82 Å². The Morgan fingerprint density at radius 1 is 1.13 bits per heavy atom. The molecule has 1 saturated carbocycles. The minimum absolute atomic E-state index is 0.0370. The molecule has 1 fully saturated rings. The highest BCUT2D eigenvalue weighted by Crippen LogP contribution is 2.28. The van der Waals surface area contributed by atoms with Crippen molar-refractivity contribution < 1.29 is 13.2 Å². The Hall–Kier alpha value is -2.30. The van der Waals surface area contributed by atoms with E-state index in [-0.39, 0.29) is 17.7 Å². The van der Waals surface area contributed by atoms with Crippen molar-refractivity contribution in [2.45, 2.75) is 84.3 Å². The Morgan fingerprint density at radius 2 is 1.79 bits per heavy atom. The fourth-order valence-corrected chi connectivity index (χ4v) is 6.72. The largest absolute Gasteiger partial charge is 0.332 e. The highest BCUT2D eigenvalue weighted by molar-refractivity contribution is 7.89. The molecule has 3 rings (SSSR count). The van der Waals surface area contributed by atoms with Gasteiger partial charge in [0.05, 0.1) is 18.3 Å². The second kappa shape index (κ2) is 14.2. The number of aromatic nitrogens is 3. The lowest BCUT2D eigenvalue weighted by molar-refractivity contribution is -0.131. The number of carbonyl (C=O) groups excluding carboxylic acids is 1. The molecule has 2 aromatic rings. The fraction of sp³-hybridized carbons (Fsp3) is 0.679. The van der Waals surface area contributed by atoms with Crippen molar-refractivity contribution in [3.63, 3.8) is 0 Å². The summed E-state index contributed by atoms with van der Waals surface area (Å²) in [5.74, 6) is 1.29. The fourth-order valence-electron chi connectivity index (χ4n) is 5.35. The molecule has 1 aromatic carbocycles. The first-order valence-electron chi connectivity index (χ1n) is 14.0. The lowest BCUT2D eigenvalue weighted by atomic mass is 10.1. The molecular formula is C28H46N6O3S. The number of nitrogens with zero attached hydrogens (tertiary/aromatic N) is 6. The quantitative estimate of drug-likeness (QED) is 0.338. The number of sulfonamides is 1. The summed E-state index contributed by atoms with van der Waals surface area (Å²) in [5.41, 5.74) is 1.14. The van der Waals surface area contributed by atoms with Gasteiger partial charge in [-0.3, -0.25) is 9.48 Å². The first-order valence-corrected chi connectivity index (χ1v) is 15.7. The summed E-state index contributed by atoms with van der Waals surface area (Å²) in [6.07, 6.45) is 6.15. The molecule has 0 aliphatic heterocycles. The number of carbonyl (C=O) groups is 1. The van der Waals surface area contributed by atoms with Gasteiger partial charge in [0.2, 0.25) is 15.9 Å². The van der Waals surface area contributed by atoms with Crippen LogP contribution in [0.4, 0.5) is 0 Å². The summed E-state index contributed by atoms with van der Waals surface area (Å²) in [7, 11) is -0.0478. The molecule has 0 bridgehead atoms. The van der Waals surface area contributed by atoms with E-state index in [1.807, 2.05) is 30.1 Å². The van der Waals surface area contributed by atoms with Gasteiger partial charge in [0.25, 0.3) is 0 Å². The molecule has 212 valence electrons. The SMILES string of the molecule is CCN(CC)CCCS(=O)(=O)N(C)[C@H](CCc1ccccc1)c1nc(CN(C(C)=O)C2CCCC2)n(C)n1. The minimum atomic E-state index is -3.52. The first-order chi connectivity index (χ1) is 18.2. The highest BCUT2D eigenvalue weighted by atomic mass is 32.2. The van der Waals surface area contributed by atoms with Crippen LogP contribution in [0.2, 0.25) is 0 Å². The van der Waals surface area contributed by atoms with Gasteiger partial charge in [-0.05, 0) is 57.3 Å². The van der Waals surface area contributed by atoms with Crippen molar-refractivity contribution in [1.82, 2.24) is 28.9 Å². The zero-order chi connectivity index (χ0) is 27.7. The predicted octanol–water partition coefficient (Wildman–Crippen LogP) is 3.77. The molecule has 10 heteroatoms. The number of rotatable bonds is 15. The van der Waals surface area contributed by atoms with E-state index in [1.165, 1.54) is 4.31 Å². The molecule has 9 nitrogen and oxygen atoms in total. The van der Waals surface area contributed by atoms with Crippen LogP contribution >= 0.6 is 0 Å². The van der Waals surface area contributed by atoms with Crippen LogP contribution in [-0.4, -0.2) is 81.7 Å². The van der Waals surface area contributed by atoms with Crippen LogP contribution in [0, 0.1) is 0 Å². The second-order valence-electron chi connectivity index (χ2n) is 10.3. The maximum absolute atomic E-state index is 13.4. The maximum atomic E-state index is 13.4. The van der Waals surface area contributed by atoms with E-state index in [9.17, 15) is 13.2 Å². The van der Waals surface area contributed by atoms with Crippen LogP contribution in [0.25, 0.3) is 0 Å². The molecule has 0 saturated heterocycles. The number of hydrogen-bond acceptors (Lipinski definition) is 6. The molecule has 0 radical (unpaired) electrons. The average molecular weight is 547 g/mol. The van der Waals surface area contributed by atoms with Gasteiger partial charge in [-0.2, -0.15) is 9.40 Å². The van der Waals surface area contributed by atoms with Gasteiger partial charge in [-0.25, -0.2) is 13.4 Å². The molecule has 1 heterocycles. The third kappa shape index (κ3) is 8.10. The standard InChI is InChI=1S/C28H46N6O3S/c1-6-33(7-2)20-13-21-38(36,37)32(5)26(19-18-24-14-9-8-10-15-24)28-29-27(31(4)30-28)22-34(23(3)35)25-16-11-12-17-25/h8-10,14-15,25-26H,6-7,11-13,16-22H2,1-5H3/t26-/m1/s1. The van der Waals surface area contributed by atoms with Crippen LogP contribution in [0.5, 0.6) is 0 Å². The van der Waals surface area contributed by atoms with Crippen molar-refractivity contribution in [2.75, 3.05) is 32.4 Å². The summed E-state index contributed by atoms with van der Waals surface area (Å²) in [6.45, 7) is 8.74. The molecular weight excluding hydrogens is 500 g/mol. The Bertz CT molecular complexity index is 1110. The predicted molar refractivity (Wildman–Crippen MR) is 151 cm³/mol. The summed E-state index contributed by atoms with van der Waals surface area (Å²) in [5, 5.41) is 4.69. The second-order valence-corrected chi connectivity index (χ2v) is 12.5. The normalized spacial score (nSPS) is 15.4. The molecule has 0 unspecified atom stereocenters. The van der Waals surface area contributed by atoms with E-state index in [2.05, 4.69) is 36.0 Å². The van der Waals surface area contributed by atoms with E-state index < -0.39 is 16.1 Å². The Kier molecular flexibility index (Phi) is 11.3. The number of aryl methyl sites for hydroxylation is 2. The van der Waals surface area contributed by atoms with Crippen molar-refractivity contribution in [2.24, 2.45) is 7.05 Å². The molecule has 1 aliphatic carbocycles. The molecule has 1 atom stereocenters. The molecule has 1 amide bonds. The van der Waals surface area contributed by atoms with E-state index in [0.29, 0.717) is 37.5 Å². The van der Waals surface area contributed by atoms with E-state index in [4.69, 9.17) is 4.98 Å². The van der Waals surface area contributed by atoms with Crippen molar-refractivity contribution in [1.29, 1.82) is 0 Å². The van der Waals surface area contributed by atoms with Crippen molar-refractivity contribution >= 4 is 15.9 Å². The molecule has 1 aromatic heterocycles. The van der Waals surface area contributed by atoms with E-state index >= 15 is 0 Å². The summed E-state index contributed by atoms with van der Waals surface area (Å²) in [4.78, 5) is 21.4. The molecule has 1 aliphatic rings. The first kappa shape index (κ1) is 30.2. The minimum Gasteiger partial charge on any atom is -0.332 e. The molecule has 0 spiro atoms. The van der Waals surface area contributed by atoms with Crippen LogP contribution in [0.15, 0.2) is 30.3 Å². The monoisotopic (exact) mass is 546 g/mol. The smallest absolute Gasteiger partial charge is 0.220 e. The Morgan fingerprint density at radius 3 is 2.39 bits per heavy atom. The van der Waals surface area contributed by atoms with Crippen LogP contribution in [0.3, 0.4) is 0 Å². The maximum Gasteiger partial charge on any atom is 0.220 e. The van der Waals surface area contributed by atoms with Crippen LogP contribution in [0.1, 0.15) is 82.6 Å². The number of benzene rings is 1. The third-order valence-corrected chi connectivity index (χ3v) is 9.78. The van der Waals surface area contributed by atoms with Gasteiger partial charge in [0, 0.05) is 27.1 Å². The van der Waals surface area contributed by atoms with Gasteiger partial charge < -0.3 is 9.80 Å². The van der Waals surface area contributed by atoms with Crippen molar-refractivity contribution in [3.8, 4) is 0 Å². The zero-order valence-corrected chi connectivity index (χ0v) is 24.7. The summed E-state index contributed by atoms with van der Waals surface area (Å²) < 4.78 is 30.1. The van der Waals surface area contributed by atoms with Gasteiger partial charge in [-0.15, -0.1) is 0 Å². The average Bonchev–Trinajstić information content (AvgIpc) is 3.55. The molecule has 38 heavy (non-hydrogen) atoms. The Labute approximate surface area is 229 Å². The lowest BCUT2D eigenvalue weighted by Gasteiger charge is -2.27. The highest BCUT2D eigenvalue weighted by Gasteiger charge is 2.32.